The Hall–Kier alpha value is -2.84. The number of nitrogens with one attached hydrogen (secondary N) is 1. The van der Waals surface area contributed by atoms with Crippen LogP contribution in [0.3, 0.4) is 0 Å². The van der Waals surface area contributed by atoms with Gasteiger partial charge in [0.1, 0.15) is 0 Å². The molecule has 114 valence electrons. The number of carbonyl (C=O) groups excluding carboxylic acids is 4. The normalized spacial score (nSPS) is 31.0. The average Bonchev–Trinajstić information content (AvgIpc) is 2.70. The maximum atomic E-state index is 12.3. The number of piperidine rings is 1. The highest BCUT2D eigenvalue weighted by Gasteiger charge is 2.62. The molecule has 2 fully saturated rings. The predicted octanol–water partition coefficient (Wildman–Crippen LogP) is -0.733. The van der Waals surface area contributed by atoms with Gasteiger partial charge in [-0.05, 0) is 6.42 Å². The van der Waals surface area contributed by atoms with E-state index in [9.17, 15) is 29.3 Å². The van der Waals surface area contributed by atoms with Gasteiger partial charge in [0.2, 0.25) is 17.7 Å². The molecule has 9 heteroatoms. The molecule has 4 amide bonds. The Morgan fingerprint density at radius 3 is 2.45 bits per heavy atom. The number of allylic oxidation sites excluding steroid dienone is 1. The molecule has 2 saturated heterocycles. The van der Waals surface area contributed by atoms with Crippen LogP contribution in [0.4, 0.5) is 0 Å². The number of rotatable bonds is 2. The standard InChI is InChI=1S/C13H11N3O6/c17-9-2-1-3-10(18)15(9)13-6-7(16(21)22)4-5-8(13)11(19)14-12(13)20/h4-6,8H,1-3H2,(H,14,19,20). The molecule has 0 saturated carbocycles. The van der Waals surface area contributed by atoms with Gasteiger partial charge in [0.15, 0.2) is 5.54 Å². The van der Waals surface area contributed by atoms with Gasteiger partial charge in [-0.2, -0.15) is 0 Å². The van der Waals surface area contributed by atoms with Gasteiger partial charge in [-0.25, -0.2) is 0 Å². The number of carbonyl (C=O) groups is 4. The number of nitro groups is 1. The van der Waals surface area contributed by atoms with E-state index in [1.807, 2.05) is 0 Å². The van der Waals surface area contributed by atoms with Gasteiger partial charge in [0.25, 0.3) is 11.6 Å². The summed E-state index contributed by atoms with van der Waals surface area (Å²) in [6.07, 6.45) is 3.67. The molecular weight excluding hydrogens is 294 g/mol. The van der Waals surface area contributed by atoms with Crippen LogP contribution in [0.1, 0.15) is 19.3 Å². The first-order chi connectivity index (χ1) is 10.4. The molecule has 2 heterocycles. The topological polar surface area (TPSA) is 127 Å². The lowest BCUT2D eigenvalue weighted by Gasteiger charge is -2.40. The second-order valence-electron chi connectivity index (χ2n) is 5.28. The van der Waals surface area contributed by atoms with E-state index in [-0.39, 0.29) is 12.8 Å². The molecule has 0 aromatic heterocycles. The molecule has 2 unspecified atom stereocenters. The van der Waals surface area contributed by atoms with Gasteiger partial charge >= 0.3 is 0 Å². The summed E-state index contributed by atoms with van der Waals surface area (Å²) in [5.74, 6) is -3.95. The van der Waals surface area contributed by atoms with E-state index >= 15 is 0 Å². The Balaban J connectivity index is 2.20. The number of amides is 4. The van der Waals surface area contributed by atoms with Crippen LogP contribution in [0.5, 0.6) is 0 Å². The third kappa shape index (κ3) is 1.71. The molecule has 0 spiro atoms. The van der Waals surface area contributed by atoms with Crippen molar-refractivity contribution in [1.82, 2.24) is 10.2 Å². The first-order valence-corrected chi connectivity index (χ1v) is 6.64. The van der Waals surface area contributed by atoms with Crippen molar-refractivity contribution in [2.75, 3.05) is 0 Å². The smallest absolute Gasteiger partial charge is 0.268 e. The van der Waals surface area contributed by atoms with Crippen molar-refractivity contribution in [3.05, 3.63) is 34.0 Å². The van der Waals surface area contributed by atoms with E-state index in [2.05, 4.69) is 5.32 Å². The lowest BCUT2D eigenvalue weighted by atomic mass is 9.79. The van der Waals surface area contributed by atoms with Gasteiger partial charge in [-0.3, -0.25) is 39.5 Å². The number of hydrogen-bond acceptors (Lipinski definition) is 6. The number of imide groups is 2. The fourth-order valence-electron chi connectivity index (χ4n) is 3.07. The van der Waals surface area contributed by atoms with Crippen molar-refractivity contribution in [3.63, 3.8) is 0 Å². The Labute approximate surface area is 123 Å². The Morgan fingerprint density at radius 1 is 1.23 bits per heavy atom. The molecule has 2 atom stereocenters. The third-order valence-corrected chi connectivity index (χ3v) is 4.05. The number of likely N-dealkylation sites (tertiary alicyclic amines) is 1. The van der Waals surface area contributed by atoms with Crippen molar-refractivity contribution in [2.24, 2.45) is 5.92 Å². The Morgan fingerprint density at radius 2 is 1.86 bits per heavy atom. The van der Waals surface area contributed by atoms with E-state index in [1.165, 1.54) is 6.08 Å². The lowest BCUT2D eigenvalue weighted by molar-refractivity contribution is -0.420. The molecule has 22 heavy (non-hydrogen) atoms. The van der Waals surface area contributed by atoms with Crippen LogP contribution < -0.4 is 5.32 Å². The summed E-state index contributed by atoms with van der Waals surface area (Å²) in [5, 5.41) is 13.1. The molecular formula is C13H11N3O6. The van der Waals surface area contributed by atoms with Gasteiger partial charge in [-0.1, -0.05) is 6.08 Å². The van der Waals surface area contributed by atoms with E-state index in [0.717, 1.165) is 12.2 Å². The van der Waals surface area contributed by atoms with Crippen LogP contribution in [0, 0.1) is 16.0 Å². The summed E-state index contributed by atoms with van der Waals surface area (Å²) >= 11 is 0. The first kappa shape index (κ1) is 14.1. The van der Waals surface area contributed by atoms with E-state index in [4.69, 9.17) is 0 Å². The van der Waals surface area contributed by atoms with Gasteiger partial charge in [-0.15, -0.1) is 0 Å². The van der Waals surface area contributed by atoms with Crippen LogP contribution in [0.2, 0.25) is 0 Å². The molecule has 3 rings (SSSR count). The SMILES string of the molecule is O=C1NC(=O)C2(N3C(=O)CCCC3=O)C=C([N+](=O)[O-])C=CC12. The van der Waals surface area contributed by atoms with Crippen molar-refractivity contribution in [3.8, 4) is 0 Å². The van der Waals surface area contributed by atoms with Gasteiger partial charge in [0, 0.05) is 25.0 Å². The zero-order valence-corrected chi connectivity index (χ0v) is 11.3. The van der Waals surface area contributed by atoms with Crippen LogP contribution >= 0.6 is 0 Å². The molecule has 2 aliphatic heterocycles. The van der Waals surface area contributed by atoms with Crippen LogP contribution in [-0.2, 0) is 19.2 Å². The fourth-order valence-corrected chi connectivity index (χ4v) is 3.07. The Bertz CT molecular complexity index is 678. The number of hydrogen-bond donors (Lipinski definition) is 1. The quantitative estimate of drug-likeness (QED) is 0.407. The third-order valence-electron chi connectivity index (χ3n) is 4.05. The summed E-state index contributed by atoms with van der Waals surface area (Å²) in [5.41, 5.74) is -2.41. The highest BCUT2D eigenvalue weighted by atomic mass is 16.6. The highest BCUT2D eigenvalue weighted by molar-refractivity contribution is 6.16. The van der Waals surface area contributed by atoms with E-state index in [1.54, 1.807) is 0 Å². The Kier molecular flexibility index (Phi) is 2.94. The lowest BCUT2D eigenvalue weighted by Crippen LogP contribution is -2.62. The molecule has 1 aliphatic carbocycles. The highest BCUT2D eigenvalue weighted by Crippen LogP contribution is 2.39. The summed E-state index contributed by atoms with van der Waals surface area (Å²) < 4.78 is 0. The fraction of sp³-hybridized carbons (Fsp3) is 0.385. The van der Waals surface area contributed by atoms with Crippen molar-refractivity contribution >= 4 is 23.6 Å². The van der Waals surface area contributed by atoms with Crippen LogP contribution in [0.25, 0.3) is 0 Å². The maximum absolute atomic E-state index is 12.3. The minimum absolute atomic E-state index is 0.0486. The summed E-state index contributed by atoms with van der Waals surface area (Å²) in [6.45, 7) is 0. The van der Waals surface area contributed by atoms with Gasteiger partial charge in [0.05, 0.1) is 10.8 Å². The van der Waals surface area contributed by atoms with Crippen molar-refractivity contribution in [1.29, 1.82) is 0 Å². The van der Waals surface area contributed by atoms with Crippen molar-refractivity contribution < 1.29 is 24.1 Å². The molecule has 9 nitrogen and oxygen atoms in total. The molecule has 0 aromatic rings. The van der Waals surface area contributed by atoms with Crippen molar-refractivity contribution in [2.45, 2.75) is 24.8 Å². The molecule has 0 radical (unpaired) electrons. The largest absolute Gasteiger partial charge is 0.293 e. The second kappa shape index (κ2) is 4.58. The summed E-state index contributed by atoms with van der Waals surface area (Å²) in [6, 6.07) is 0. The average molecular weight is 305 g/mol. The van der Waals surface area contributed by atoms with Gasteiger partial charge < -0.3 is 0 Å². The maximum Gasteiger partial charge on any atom is 0.268 e. The minimum Gasteiger partial charge on any atom is -0.293 e. The minimum atomic E-state index is -1.97. The zero-order valence-electron chi connectivity index (χ0n) is 11.3. The first-order valence-electron chi connectivity index (χ1n) is 6.64. The molecule has 3 aliphatic rings. The zero-order chi connectivity index (χ0) is 16.1. The van der Waals surface area contributed by atoms with Crippen LogP contribution in [-0.4, -0.2) is 39.0 Å². The van der Waals surface area contributed by atoms with E-state index in [0.29, 0.717) is 11.3 Å². The molecule has 0 bridgehead atoms. The number of fused-ring (bicyclic) bond motifs is 1. The summed E-state index contributed by atoms with van der Waals surface area (Å²) in [4.78, 5) is 59.6. The monoisotopic (exact) mass is 305 g/mol. The molecule has 0 aromatic carbocycles. The second-order valence-corrected chi connectivity index (χ2v) is 5.28. The molecule has 1 N–H and O–H groups in total. The summed E-state index contributed by atoms with van der Waals surface area (Å²) in [7, 11) is 0. The van der Waals surface area contributed by atoms with Crippen LogP contribution in [0.15, 0.2) is 23.9 Å². The predicted molar refractivity (Wildman–Crippen MR) is 69.3 cm³/mol. The number of nitrogens with zero attached hydrogens (tertiary/aromatic N) is 2. The van der Waals surface area contributed by atoms with E-state index < -0.39 is 45.7 Å².